The summed E-state index contributed by atoms with van der Waals surface area (Å²) in [5.41, 5.74) is -0.107. The molecule has 4 aromatic rings. The van der Waals surface area contributed by atoms with Gasteiger partial charge >= 0.3 is 5.97 Å². The minimum atomic E-state index is -4.51. The number of fused-ring (bicyclic) bond motifs is 3. The van der Waals surface area contributed by atoms with Crippen molar-refractivity contribution in [3.05, 3.63) is 71.9 Å². The first-order chi connectivity index (χ1) is 20.3. The monoisotopic (exact) mass is 600 g/mol. The number of aromatic nitrogens is 1. The molecule has 43 heavy (non-hydrogen) atoms. The van der Waals surface area contributed by atoms with E-state index in [9.17, 15) is 27.6 Å². The number of Topliss-reactive ketones (excluding diaryl/α,β-unsaturated/α-hetero) is 1. The van der Waals surface area contributed by atoms with E-state index >= 15 is 0 Å². The summed E-state index contributed by atoms with van der Waals surface area (Å²) in [5.74, 6) is -2.57. The van der Waals surface area contributed by atoms with Gasteiger partial charge in [0, 0.05) is 29.5 Å². The van der Waals surface area contributed by atoms with Crippen LogP contribution < -0.4 is 4.74 Å². The summed E-state index contributed by atoms with van der Waals surface area (Å²) < 4.78 is 39.3. The average Bonchev–Trinajstić information content (AvgIpc) is 3.49. The number of hydroxylamine groups is 2. The lowest BCUT2D eigenvalue weighted by molar-refractivity contribution is -0.132. The number of carbonyl (C=O) groups is 4. The molecule has 2 aliphatic carbocycles. The fourth-order valence-electron chi connectivity index (χ4n) is 7.47. The van der Waals surface area contributed by atoms with Gasteiger partial charge in [-0.2, -0.15) is 8.42 Å². The molecule has 2 bridgehead atoms. The van der Waals surface area contributed by atoms with Gasteiger partial charge in [0.2, 0.25) is 0 Å². The maximum absolute atomic E-state index is 13.6. The molecule has 2 unspecified atom stereocenters. The number of ketones is 1. The molecule has 1 aromatic heterocycles. The lowest BCUT2D eigenvalue weighted by atomic mass is 9.70. The summed E-state index contributed by atoms with van der Waals surface area (Å²) in [6.45, 7) is 5.12. The number of esters is 1. The Labute approximate surface area is 247 Å². The fraction of sp³-hybridized carbons (Fsp3) is 0.312. The molecule has 11 heteroatoms. The molecule has 2 heterocycles. The summed E-state index contributed by atoms with van der Waals surface area (Å²) in [6.07, 6.45) is 3.16. The van der Waals surface area contributed by atoms with Crippen molar-refractivity contribution in [2.75, 3.05) is 5.75 Å². The van der Waals surface area contributed by atoms with Gasteiger partial charge in [-0.3, -0.25) is 19.2 Å². The van der Waals surface area contributed by atoms with Crippen molar-refractivity contribution < 1.29 is 36.6 Å². The summed E-state index contributed by atoms with van der Waals surface area (Å²) in [7, 11) is -4.51. The second kappa shape index (κ2) is 9.08. The van der Waals surface area contributed by atoms with Crippen LogP contribution in [0.2, 0.25) is 0 Å². The first kappa shape index (κ1) is 27.5. The molecule has 2 atom stereocenters. The second-order valence-electron chi connectivity index (χ2n) is 12.2. The number of benzene rings is 3. The maximum atomic E-state index is 13.6. The van der Waals surface area contributed by atoms with E-state index in [1.54, 1.807) is 24.4 Å². The number of ether oxygens (including phenoxy) is 1. The van der Waals surface area contributed by atoms with E-state index in [1.807, 2.05) is 42.7 Å². The summed E-state index contributed by atoms with van der Waals surface area (Å²) >= 11 is 0. The Bertz CT molecular complexity index is 2020. The largest absolute Gasteiger partial charge is 0.424 e. The number of imide groups is 1. The first-order valence-electron chi connectivity index (χ1n) is 14.0. The zero-order valence-corrected chi connectivity index (χ0v) is 24.6. The molecule has 2 amide bonds. The third-order valence-electron chi connectivity index (χ3n) is 9.79. The van der Waals surface area contributed by atoms with Gasteiger partial charge < -0.3 is 9.30 Å². The first-order valence-corrected chi connectivity index (χ1v) is 15.6. The molecule has 0 spiro atoms. The Hall–Kier alpha value is -4.35. The van der Waals surface area contributed by atoms with Gasteiger partial charge in [-0.25, -0.2) is 0 Å². The van der Waals surface area contributed by atoms with E-state index in [0.29, 0.717) is 45.5 Å². The predicted octanol–water partition coefficient (Wildman–Crippen LogP) is 4.96. The molecule has 3 aliphatic rings. The van der Waals surface area contributed by atoms with Gasteiger partial charge in [-0.15, -0.1) is 9.35 Å². The van der Waals surface area contributed by atoms with Crippen molar-refractivity contribution in [2.45, 2.75) is 40.0 Å². The van der Waals surface area contributed by atoms with E-state index in [4.69, 9.17) is 9.02 Å². The Morgan fingerprint density at radius 3 is 2.33 bits per heavy atom. The van der Waals surface area contributed by atoms with Crippen molar-refractivity contribution in [3.8, 4) is 11.4 Å². The quantitative estimate of drug-likeness (QED) is 0.224. The van der Waals surface area contributed by atoms with Crippen LogP contribution in [0.25, 0.3) is 27.4 Å². The topological polar surface area (TPSA) is 129 Å². The normalized spacial score (nSPS) is 22.6. The van der Waals surface area contributed by atoms with Gasteiger partial charge in [0.05, 0.1) is 39.7 Å². The number of hydrogen-bond acceptors (Lipinski definition) is 8. The minimum Gasteiger partial charge on any atom is -0.424 e. The van der Waals surface area contributed by atoms with Gasteiger partial charge in [0.15, 0.2) is 5.75 Å². The van der Waals surface area contributed by atoms with Crippen LogP contribution in [0.4, 0.5) is 0 Å². The summed E-state index contributed by atoms with van der Waals surface area (Å²) in [4.78, 5) is 52.0. The smallest absolute Gasteiger partial charge is 0.308 e. The van der Waals surface area contributed by atoms with E-state index < -0.39 is 44.5 Å². The van der Waals surface area contributed by atoms with E-state index in [-0.39, 0.29) is 22.8 Å². The molecular weight excluding hydrogens is 572 g/mol. The SMILES string of the molecule is CC(=O)Oc1cn(-c2ccc3c4c(cccc24)C(=O)N(OS(=O)(=O)CC24CCC(CC2=O)C4(C)C)C3=O)c2ccccc12. The molecule has 0 N–H and O–H groups in total. The third-order valence-corrected chi connectivity index (χ3v) is 11.0. The number of rotatable bonds is 6. The standard InChI is InChI=1S/C32H28N2O8S/c1-18(35)41-26-16-33(24-10-5-4-7-20(24)26)25-12-11-23-28-21(25)8-6-9-22(28)29(37)34(30(23)38)42-43(39,40)17-32-14-13-19(15-27(32)36)31(32,2)3/h4-12,16,19H,13-15,17H2,1-3H3. The van der Waals surface area contributed by atoms with Crippen LogP contribution in [0.1, 0.15) is 60.7 Å². The molecule has 3 aromatic carbocycles. The van der Waals surface area contributed by atoms with Gasteiger partial charge in [0.25, 0.3) is 21.9 Å². The fourth-order valence-corrected chi connectivity index (χ4v) is 9.17. The second-order valence-corrected chi connectivity index (χ2v) is 13.7. The molecule has 2 fully saturated rings. The Morgan fingerprint density at radius 1 is 0.953 bits per heavy atom. The highest BCUT2D eigenvalue weighted by atomic mass is 32.2. The highest BCUT2D eigenvalue weighted by Crippen LogP contribution is 2.64. The lowest BCUT2D eigenvalue weighted by Crippen LogP contribution is -2.46. The number of carbonyl (C=O) groups excluding carboxylic acids is 4. The molecule has 10 nitrogen and oxygen atoms in total. The van der Waals surface area contributed by atoms with E-state index in [1.165, 1.54) is 19.1 Å². The number of hydrogen-bond donors (Lipinski definition) is 0. The summed E-state index contributed by atoms with van der Waals surface area (Å²) in [5, 5.41) is 1.91. The molecule has 0 saturated heterocycles. The van der Waals surface area contributed by atoms with Crippen molar-refractivity contribution in [1.82, 2.24) is 9.63 Å². The molecule has 7 rings (SSSR count). The summed E-state index contributed by atoms with van der Waals surface area (Å²) in [6, 6.07) is 15.5. The lowest BCUT2D eigenvalue weighted by Gasteiger charge is -2.36. The zero-order chi connectivity index (χ0) is 30.5. The number of para-hydroxylation sites is 1. The maximum Gasteiger partial charge on any atom is 0.308 e. The van der Waals surface area contributed by atoms with E-state index in [2.05, 4.69) is 0 Å². The van der Waals surface area contributed by atoms with Crippen LogP contribution in [0.5, 0.6) is 5.75 Å². The van der Waals surface area contributed by atoms with Crippen molar-refractivity contribution in [1.29, 1.82) is 0 Å². The van der Waals surface area contributed by atoms with Crippen LogP contribution in [0.15, 0.2) is 60.8 Å². The molecule has 0 radical (unpaired) electrons. The van der Waals surface area contributed by atoms with Crippen LogP contribution in [-0.2, 0) is 24.0 Å². The highest BCUT2D eigenvalue weighted by molar-refractivity contribution is 7.86. The van der Waals surface area contributed by atoms with Crippen molar-refractivity contribution >= 4 is 55.4 Å². The molecule has 2 saturated carbocycles. The van der Waals surface area contributed by atoms with Crippen LogP contribution in [-0.4, -0.2) is 47.4 Å². The molecular formula is C32H28N2O8S. The van der Waals surface area contributed by atoms with Crippen LogP contribution in [0.3, 0.4) is 0 Å². The van der Waals surface area contributed by atoms with Crippen LogP contribution in [0, 0.1) is 16.7 Å². The van der Waals surface area contributed by atoms with Gasteiger partial charge in [0.1, 0.15) is 5.78 Å². The average molecular weight is 601 g/mol. The molecule has 220 valence electrons. The Kier molecular flexibility index (Phi) is 5.80. The van der Waals surface area contributed by atoms with Gasteiger partial charge in [-0.1, -0.05) is 38.1 Å². The Morgan fingerprint density at radius 2 is 1.65 bits per heavy atom. The third kappa shape index (κ3) is 3.84. The minimum absolute atomic E-state index is 0.0923. The molecule has 1 aliphatic heterocycles. The van der Waals surface area contributed by atoms with E-state index in [0.717, 1.165) is 11.9 Å². The van der Waals surface area contributed by atoms with Crippen molar-refractivity contribution in [3.63, 3.8) is 0 Å². The highest BCUT2D eigenvalue weighted by Gasteiger charge is 2.65. The van der Waals surface area contributed by atoms with Gasteiger partial charge in [-0.05, 0) is 54.5 Å². The van der Waals surface area contributed by atoms with Crippen LogP contribution >= 0.6 is 0 Å². The Balaban J connectivity index is 1.28. The zero-order valence-electron chi connectivity index (χ0n) is 23.7. The predicted molar refractivity (Wildman–Crippen MR) is 156 cm³/mol. The van der Waals surface area contributed by atoms with Crippen molar-refractivity contribution in [2.24, 2.45) is 16.7 Å². The number of amides is 2. The number of nitrogens with zero attached hydrogens (tertiary/aromatic N) is 2.